The highest BCUT2D eigenvalue weighted by Gasteiger charge is 2.20. The van der Waals surface area contributed by atoms with Gasteiger partial charge in [-0.2, -0.15) is 5.26 Å². The van der Waals surface area contributed by atoms with Crippen molar-refractivity contribution in [2.45, 2.75) is 5.16 Å². The first kappa shape index (κ1) is 19.4. The summed E-state index contributed by atoms with van der Waals surface area (Å²) < 4.78 is 9.70. The highest BCUT2D eigenvalue weighted by molar-refractivity contribution is 7.99. The van der Waals surface area contributed by atoms with Crippen molar-refractivity contribution in [3.05, 3.63) is 68.9 Å². The van der Waals surface area contributed by atoms with E-state index in [0.29, 0.717) is 30.9 Å². The van der Waals surface area contributed by atoms with Crippen molar-refractivity contribution >= 4 is 45.7 Å². The Morgan fingerprint density at radius 3 is 2.62 bits per heavy atom. The van der Waals surface area contributed by atoms with Crippen LogP contribution in [0.3, 0.4) is 0 Å². The summed E-state index contributed by atoms with van der Waals surface area (Å²) in [6.07, 6.45) is 0. The van der Waals surface area contributed by atoms with E-state index in [4.69, 9.17) is 27.2 Å². The number of hydrogen-bond donors (Lipinski definition) is 0. The number of thioether (sulfide) groups is 1. The fourth-order valence-electron chi connectivity index (χ4n) is 2.96. The third-order valence-electron chi connectivity index (χ3n) is 4.18. The molecular formula is C20H14N4O2S3. The normalized spacial score (nSPS) is 10.8. The van der Waals surface area contributed by atoms with Gasteiger partial charge in [-0.3, -0.25) is 13.9 Å². The van der Waals surface area contributed by atoms with Gasteiger partial charge in [-0.1, -0.05) is 53.4 Å². The Kier molecular flexibility index (Phi) is 5.49. The van der Waals surface area contributed by atoms with Crippen molar-refractivity contribution in [2.75, 3.05) is 12.9 Å². The van der Waals surface area contributed by atoms with Gasteiger partial charge in [0.05, 0.1) is 24.6 Å². The maximum Gasteiger partial charge on any atom is 0.278 e. The lowest BCUT2D eigenvalue weighted by molar-refractivity contribution is 0.411. The number of rotatable bonds is 5. The third-order valence-corrected chi connectivity index (χ3v) is 6.34. The van der Waals surface area contributed by atoms with E-state index in [0.717, 1.165) is 5.69 Å². The molecule has 144 valence electrons. The summed E-state index contributed by atoms with van der Waals surface area (Å²) in [5.41, 5.74) is 1.65. The van der Waals surface area contributed by atoms with Crippen LogP contribution in [-0.2, 0) is 0 Å². The number of nitrogens with zero attached hydrogens (tertiary/aromatic N) is 4. The molecule has 4 rings (SSSR count). The zero-order valence-corrected chi connectivity index (χ0v) is 17.7. The largest absolute Gasteiger partial charge is 0.495 e. The van der Waals surface area contributed by atoms with Crippen LogP contribution in [0, 0.1) is 15.3 Å². The summed E-state index contributed by atoms with van der Waals surface area (Å²) in [7, 11) is 1.55. The zero-order chi connectivity index (χ0) is 20.4. The van der Waals surface area contributed by atoms with Crippen molar-refractivity contribution in [3.8, 4) is 23.2 Å². The van der Waals surface area contributed by atoms with Crippen molar-refractivity contribution in [2.24, 2.45) is 0 Å². The summed E-state index contributed by atoms with van der Waals surface area (Å²) >= 11 is 7.96. The van der Waals surface area contributed by atoms with Crippen molar-refractivity contribution in [1.29, 1.82) is 5.26 Å². The highest BCUT2D eigenvalue weighted by atomic mass is 32.2. The highest BCUT2D eigenvalue weighted by Crippen LogP contribution is 2.30. The number of para-hydroxylation sites is 3. The molecule has 0 bridgehead atoms. The van der Waals surface area contributed by atoms with Gasteiger partial charge in [0, 0.05) is 5.69 Å². The predicted octanol–water partition coefficient (Wildman–Crippen LogP) is 4.59. The van der Waals surface area contributed by atoms with Gasteiger partial charge in [0.25, 0.3) is 5.56 Å². The molecule has 29 heavy (non-hydrogen) atoms. The van der Waals surface area contributed by atoms with E-state index in [1.54, 1.807) is 23.8 Å². The molecule has 0 amide bonds. The standard InChI is InChI=1S/C20H14N4O2S3/c1-26-15-10-6-5-9-14(15)24-18(25)16-17(22-19(24)28-12-11-21)23(20(27)29-16)13-7-3-2-4-8-13/h2-10H,12H2,1H3. The quantitative estimate of drug-likeness (QED) is 0.258. The van der Waals surface area contributed by atoms with Crippen molar-refractivity contribution in [3.63, 3.8) is 0 Å². The molecule has 0 aliphatic rings. The lowest BCUT2D eigenvalue weighted by Crippen LogP contribution is -2.22. The van der Waals surface area contributed by atoms with Crippen LogP contribution in [0.15, 0.2) is 64.5 Å². The molecule has 2 aromatic carbocycles. The minimum atomic E-state index is -0.245. The number of thiazole rings is 1. The fourth-order valence-corrected chi connectivity index (χ4v) is 4.92. The lowest BCUT2D eigenvalue weighted by Gasteiger charge is -2.14. The monoisotopic (exact) mass is 438 g/mol. The molecule has 0 saturated heterocycles. The Balaban J connectivity index is 2.08. The summed E-state index contributed by atoms with van der Waals surface area (Å²) in [6.45, 7) is 0. The Hall–Kier alpha value is -2.93. The van der Waals surface area contributed by atoms with Crippen LogP contribution in [0.25, 0.3) is 21.7 Å². The van der Waals surface area contributed by atoms with Crippen LogP contribution in [-0.4, -0.2) is 27.0 Å². The van der Waals surface area contributed by atoms with Crippen LogP contribution in [0.5, 0.6) is 5.75 Å². The first-order chi connectivity index (χ1) is 14.2. The SMILES string of the molecule is COc1ccccc1-n1c(SCC#N)nc2c(sc(=S)n2-c2ccccc2)c1=O. The number of aromatic nitrogens is 3. The molecule has 0 radical (unpaired) electrons. The molecule has 0 aliphatic heterocycles. The minimum Gasteiger partial charge on any atom is -0.495 e. The van der Waals surface area contributed by atoms with Crippen LogP contribution in [0.2, 0.25) is 0 Å². The first-order valence-electron chi connectivity index (χ1n) is 8.53. The number of nitriles is 1. The Morgan fingerprint density at radius 1 is 1.17 bits per heavy atom. The van der Waals surface area contributed by atoms with Crippen LogP contribution < -0.4 is 10.3 Å². The molecule has 4 aromatic rings. The van der Waals surface area contributed by atoms with Crippen LogP contribution in [0.4, 0.5) is 0 Å². The second-order valence-corrected chi connectivity index (χ2v) is 8.43. The smallest absolute Gasteiger partial charge is 0.278 e. The molecule has 0 fully saturated rings. The molecule has 0 aliphatic carbocycles. The second kappa shape index (κ2) is 8.21. The number of benzene rings is 2. The maximum absolute atomic E-state index is 13.5. The second-order valence-electron chi connectivity index (χ2n) is 5.85. The summed E-state index contributed by atoms with van der Waals surface area (Å²) in [4.78, 5) is 18.2. The molecule has 9 heteroatoms. The number of hydrogen-bond acceptors (Lipinski definition) is 7. The molecule has 0 atom stereocenters. The summed E-state index contributed by atoms with van der Waals surface area (Å²) in [5, 5.41) is 9.49. The first-order valence-corrected chi connectivity index (χ1v) is 10.7. The van der Waals surface area contributed by atoms with Gasteiger partial charge in [-0.05, 0) is 36.5 Å². The van der Waals surface area contributed by atoms with Crippen molar-refractivity contribution in [1.82, 2.24) is 14.1 Å². The van der Waals surface area contributed by atoms with Gasteiger partial charge in [0.1, 0.15) is 10.4 Å². The molecule has 0 saturated carbocycles. The molecule has 2 aromatic heterocycles. The molecule has 0 spiro atoms. The fraction of sp³-hybridized carbons (Fsp3) is 0.100. The van der Waals surface area contributed by atoms with E-state index >= 15 is 0 Å². The minimum absolute atomic E-state index is 0.156. The van der Waals surface area contributed by atoms with Gasteiger partial charge in [0.15, 0.2) is 14.8 Å². The number of fused-ring (bicyclic) bond motifs is 1. The molecule has 0 N–H and O–H groups in total. The van der Waals surface area contributed by atoms with E-state index in [9.17, 15) is 4.79 Å². The predicted molar refractivity (Wildman–Crippen MR) is 118 cm³/mol. The lowest BCUT2D eigenvalue weighted by atomic mass is 10.3. The van der Waals surface area contributed by atoms with E-state index in [1.165, 1.54) is 27.7 Å². The van der Waals surface area contributed by atoms with Gasteiger partial charge in [-0.25, -0.2) is 4.98 Å². The Labute approximate surface area is 179 Å². The number of methoxy groups -OCH3 is 1. The maximum atomic E-state index is 13.5. The average Bonchev–Trinajstić information content (AvgIpc) is 3.09. The van der Waals surface area contributed by atoms with E-state index in [2.05, 4.69) is 6.07 Å². The number of ether oxygens (including phenoxy) is 1. The van der Waals surface area contributed by atoms with Gasteiger partial charge < -0.3 is 4.74 Å². The van der Waals surface area contributed by atoms with E-state index in [-0.39, 0.29) is 11.3 Å². The van der Waals surface area contributed by atoms with Crippen LogP contribution in [0.1, 0.15) is 0 Å². The van der Waals surface area contributed by atoms with Crippen molar-refractivity contribution < 1.29 is 4.74 Å². The van der Waals surface area contributed by atoms with E-state index < -0.39 is 0 Å². The van der Waals surface area contributed by atoms with Gasteiger partial charge in [-0.15, -0.1) is 0 Å². The molecule has 6 nitrogen and oxygen atoms in total. The third kappa shape index (κ3) is 3.46. The Bertz CT molecular complexity index is 1350. The topological polar surface area (TPSA) is 72.8 Å². The summed E-state index contributed by atoms with van der Waals surface area (Å²) in [6, 6.07) is 18.9. The molecule has 2 heterocycles. The zero-order valence-electron chi connectivity index (χ0n) is 15.2. The Morgan fingerprint density at radius 2 is 1.90 bits per heavy atom. The summed E-state index contributed by atoms with van der Waals surface area (Å²) in [5.74, 6) is 0.698. The van der Waals surface area contributed by atoms with Gasteiger partial charge in [0.2, 0.25) is 0 Å². The van der Waals surface area contributed by atoms with Gasteiger partial charge >= 0.3 is 0 Å². The molecule has 0 unspecified atom stereocenters. The average molecular weight is 439 g/mol. The molecular weight excluding hydrogens is 424 g/mol. The van der Waals surface area contributed by atoms with Crippen LogP contribution >= 0.6 is 35.3 Å². The van der Waals surface area contributed by atoms with E-state index in [1.807, 2.05) is 42.5 Å².